The maximum absolute atomic E-state index is 6.05. The van der Waals surface area contributed by atoms with E-state index in [1.165, 1.54) is 6.42 Å². The van der Waals surface area contributed by atoms with Crippen molar-refractivity contribution in [2.75, 3.05) is 6.61 Å². The van der Waals surface area contributed by atoms with Crippen LogP contribution in [-0.2, 0) is 10.3 Å². The van der Waals surface area contributed by atoms with Gasteiger partial charge in [-0.2, -0.15) is 5.10 Å². The van der Waals surface area contributed by atoms with E-state index in [1.54, 1.807) is 0 Å². The second kappa shape index (κ2) is 4.26. The van der Waals surface area contributed by atoms with E-state index in [0.717, 1.165) is 53.4 Å². The lowest BCUT2D eigenvalue weighted by molar-refractivity contribution is 0.00383. The van der Waals surface area contributed by atoms with Crippen LogP contribution >= 0.6 is 15.9 Å². The van der Waals surface area contributed by atoms with Crippen LogP contribution in [0.5, 0.6) is 5.75 Å². The van der Waals surface area contributed by atoms with Gasteiger partial charge in [0.15, 0.2) is 0 Å². The molecule has 2 saturated carbocycles. The zero-order valence-electron chi connectivity index (χ0n) is 12.6. The molecule has 2 aromatic rings. The molecule has 5 heteroatoms. The number of hydrogen-bond donors (Lipinski definition) is 0. The first-order valence-electron chi connectivity index (χ1n) is 8.05. The zero-order valence-corrected chi connectivity index (χ0v) is 14.2. The number of benzene rings is 1. The van der Waals surface area contributed by atoms with Crippen molar-refractivity contribution in [2.24, 2.45) is 0 Å². The lowest BCUT2D eigenvalue weighted by Crippen LogP contribution is -2.49. The molecule has 6 rings (SSSR count). The van der Waals surface area contributed by atoms with Gasteiger partial charge in [-0.15, -0.1) is 0 Å². The molecule has 0 spiro atoms. The maximum atomic E-state index is 6.05. The van der Waals surface area contributed by atoms with Crippen molar-refractivity contribution < 1.29 is 9.47 Å². The highest BCUT2D eigenvalue weighted by Gasteiger charge is 2.61. The Hall–Kier alpha value is -1.07. The smallest absolute Gasteiger partial charge is 0.136 e. The minimum atomic E-state index is 0.0786. The number of rotatable bonds is 3. The molecule has 22 heavy (non-hydrogen) atoms. The van der Waals surface area contributed by atoms with Crippen molar-refractivity contribution >= 4 is 26.8 Å². The molecule has 0 N–H and O–H groups in total. The van der Waals surface area contributed by atoms with Crippen LogP contribution in [0.15, 0.2) is 22.8 Å². The van der Waals surface area contributed by atoms with Crippen LogP contribution in [0.25, 0.3) is 10.9 Å². The van der Waals surface area contributed by atoms with Crippen molar-refractivity contribution in [3.8, 4) is 5.75 Å². The molecule has 0 amide bonds. The van der Waals surface area contributed by atoms with E-state index in [1.807, 2.05) is 0 Å². The lowest BCUT2D eigenvalue weighted by atomic mass is 9.69. The molecule has 2 aliphatic carbocycles. The molecule has 2 bridgehead atoms. The standard InChI is InChI=1S/C17H19BrN2O2/c1-16-8-17(9-16,10-21-16)20-7-11-5-13(18)15(6-14(11)19-20)22-12-3-2-4-12/h5-7,12H,2-4,8-10H2,1H3. The largest absolute Gasteiger partial charge is 0.489 e. The van der Waals surface area contributed by atoms with Gasteiger partial charge in [-0.3, -0.25) is 4.68 Å². The average molecular weight is 363 g/mol. The predicted molar refractivity (Wildman–Crippen MR) is 87.3 cm³/mol. The molecule has 0 atom stereocenters. The molecular formula is C17H19BrN2O2. The Morgan fingerprint density at radius 2 is 2.18 bits per heavy atom. The Balaban J connectivity index is 1.51. The van der Waals surface area contributed by atoms with Gasteiger partial charge in [0.05, 0.1) is 33.8 Å². The van der Waals surface area contributed by atoms with Gasteiger partial charge in [0.1, 0.15) is 5.75 Å². The normalized spacial score (nSPS) is 33.7. The number of fused-ring (bicyclic) bond motifs is 2. The third-order valence-electron chi connectivity index (χ3n) is 5.49. The minimum Gasteiger partial charge on any atom is -0.489 e. The van der Waals surface area contributed by atoms with E-state index in [0.29, 0.717) is 6.10 Å². The summed E-state index contributed by atoms with van der Waals surface area (Å²) in [4.78, 5) is 0. The lowest BCUT2D eigenvalue weighted by Gasteiger charge is -2.42. The highest BCUT2D eigenvalue weighted by molar-refractivity contribution is 9.10. The molecule has 116 valence electrons. The second-order valence-corrected chi connectivity index (χ2v) is 8.26. The van der Waals surface area contributed by atoms with Gasteiger partial charge in [-0.1, -0.05) is 0 Å². The summed E-state index contributed by atoms with van der Waals surface area (Å²) in [7, 11) is 0. The average Bonchev–Trinajstić information content (AvgIpc) is 3.04. The van der Waals surface area contributed by atoms with Crippen LogP contribution in [-0.4, -0.2) is 28.1 Å². The minimum absolute atomic E-state index is 0.0786. The van der Waals surface area contributed by atoms with Gasteiger partial charge in [0.2, 0.25) is 0 Å². The van der Waals surface area contributed by atoms with Crippen LogP contribution < -0.4 is 4.74 Å². The van der Waals surface area contributed by atoms with Crippen molar-refractivity contribution in [3.63, 3.8) is 0 Å². The molecular weight excluding hydrogens is 344 g/mol. The number of nitrogens with zero attached hydrogens (tertiary/aromatic N) is 2. The van der Waals surface area contributed by atoms with Gasteiger partial charge in [-0.05, 0) is 48.2 Å². The first-order chi connectivity index (χ1) is 10.6. The van der Waals surface area contributed by atoms with E-state index in [-0.39, 0.29) is 11.1 Å². The monoisotopic (exact) mass is 362 g/mol. The first kappa shape index (κ1) is 13.4. The summed E-state index contributed by atoms with van der Waals surface area (Å²) in [6, 6.07) is 4.19. The molecule has 2 saturated heterocycles. The fourth-order valence-electron chi connectivity index (χ4n) is 4.11. The number of ether oxygens (including phenoxy) is 2. The number of hydrogen-bond acceptors (Lipinski definition) is 3. The summed E-state index contributed by atoms with van der Waals surface area (Å²) in [5.74, 6) is 0.918. The molecule has 0 unspecified atom stereocenters. The molecule has 0 radical (unpaired) electrons. The topological polar surface area (TPSA) is 36.3 Å². The Bertz CT molecular complexity index is 759. The van der Waals surface area contributed by atoms with Gasteiger partial charge >= 0.3 is 0 Å². The van der Waals surface area contributed by atoms with Crippen molar-refractivity contribution in [1.82, 2.24) is 9.78 Å². The molecule has 2 aliphatic heterocycles. The molecule has 4 fully saturated rings. The number of aromatic nitrogens is 2. The van der Waals surface area contributed by atoms with Gasteiger partial charge in [-0.25, -0.2) is 0 Å². The maximum Gasteiger partial charge on any atom is 0.136 e. The molecule has 3 heterocycles. The van der Waals surface area contributed by atoms with Crippen molar-refractivity contribution in [2.45, 2.75) is 56.3 Å². The second-order valence-electron chi connectivity index (χ2n) is 7.40. The third kappa shape index (κ3) is 1.81. The SMILES string of the molecule is CC12CC(n3cc4cc(Br)c(OC5CCC5)cc4n3)(CO1)C2. The predicted octanol–water partition coefficient (Wildman–Crippen LogP) is 4.01. The fourth-order valence-corrected chi connectivity index (χ4v) is 4.56. The van der Waals surface area contributed by atoms with Crippen LogP contribution in [0, 0.1) is 0 Å². The van der Waals surface area contributed by atoms with Crippen LogP contribution in [0.1, 0.15) is 39.0 Å². The first-order valence-corrected chi connectivity index (χ1v) is 8.85. The quantitative estimate of drug-likeness (QED) is 0.827. The zero-order chi connectivity index (χ0) is 14.9. The van der Waals surface area contributed by atoms with E-state index in [4.69, 9.17) is 14.6 Å². The van der Waals surface area contributed by atoms with Crippen molar-refractivity contribution in [1.29, 1.82) is 0 Å². The van der Waals surface area contributed by atoms with Gasteiger partial charge < -0.3 is 9.47 Å². The van der Waals surface area contributed by atoms with E-state index in [9.17, 15) is 0 Å². The summed E-state index contributed by atoms with van der Waals surface area (Å²) in [5.41, 5.74) is 1.17. The van der Waals surface area contributed by atoms with Crippen LogP contribution in [0.3, 0.4) is 0 Å². The number of halogens is 1. The molecule has 4 aliphatic rings. The summed E-state index contributed by atoms with van der Waals surface area (Å²) in [6.07, 6.45) is 8.28. The summed E-state index contributed by atoms with van der Waals surface area (Å²) >= 11 is 3.64. The Labute approximate surface area is 137 Å². The van der Waals surface area contributed by atoms with E-state index < -0.39 is 0 Å². The third-order valence-corrected chi connectivity index (χ3v) is 6.10. The van der Waals surface area contributed by atoms with Crippen molar-refractivity contribution in [3.05, 3.63) is 22.8 Å². The summed E-state index contributed by atoms with van der Waals surface area (Å²) in [6.45, 7) is 2.98. The summed E-state index contributed by atoms with van der Waals surface area (Å²) < 4.78 is 15.1. The van der Waals surface area contributed by atoms with Gasteiger partial charge in [0, 0.05) is 30.5 Å². The molecule has 4 nitrogen and oxygen atoms in total. The van der Waals surface area contributed by atoms with E-state index >= 15 is 0 Å². The highest BCUT2D eigenvalue weighted by atomic mass is 79.9. The van der Waals surface area contributed by atoms with Crippen LogP contribution in [0.2, 0.25) is 0 Å². The van der Waals surface area contributed by atoms with E-state index in [2.05, 4.69) is 45.9 Å². The summed E-state index contributed by atoms with van der Waals surface area (Å²) in [5, 5.41) is 5.98. The van der Waals surface area contributed by atoms with Gasteiger partial charge in [0.25, 0.3) is 0 Å². The molecule has 1 aromatic carbocycles. The highest BCUT2D eigenvalue weighted by Crippen LogP contribution is 2.55. The molecule has 1 aromatic heterocycles. The Kier molecular flexibility index (Phi) is 2.59. The Morgan fingerprint density at radius 3 is 2.82 bits per heavy atom. The van der Waals surface area contributed by atoms with Crippen LogP contribution in [0.4, 0.5) is 0 Å². The fraction of sp³-hybridized carbons (Fsp3) is 0.588. The Morgan fingerprint density at radius 1 is 1.36 bits per heavy atom.